The maximum absolute atomic E-state index is 10.5. The van der Waals surface area contributed by atoms with Gasteiger partial charge in [0.25, 0.3) is 0 Å². The predicted octanol–water partition coefficient (Wildman–Crippen LogP) is 1.35. The van der Waals surface area contributed by atoms with Crippen molar-refractivity contribution in [3.63, 3.8) is 0 Å². The molecule has 1 heterocycles. The van der Waals surface area contributed by atoms with Crippen LogP contribution in [-0.4, -0.2) is 36.6 Å². The molecule has 1 aliphatic rings. The third-order valence-electron chi connectivity index (χ3n) is 2.91. The van der Waals surface area contributed by atoms with E-state index >= 15 is 0 Å². The number of carboxylic acid groups (broad SMARTS) is 1. The van der Waals surface area contributed by atoms with Crippen LogP contribution in [0.25, 0.3) is 0 Å². The zero-order valence-electron chi connectivity index (χ0n) is 9.30. The SMILES string of the molecule is O=Cc1ccc(N2CC[C@H](NC(=O)O)C2)cc1. The normalized spacial score (nSPS) is 19.1. The second-order valence-electron chi connectivity index (χ2n) is 4.09. The van der Waals surface area contributed by atoms with Crippen LogP contribution < -0.4 is 10.2 Å². The lowest BCUT2D eigenvalue weighted by atomic mass is 10.2. The van der Waals surface area contributed by atoms with E-state index in [-0.39, 0.29) is 6.04 Å². The van der Waals surface area contributed by atoms with E-state index < -0.39 is 6.09 Å². The first-order valence-electron chi connectivity index (χ1n) is 5.48. The third-order valence-corrected chi connectivity index (χ3v) is 2.91. The number of carbonyl (C=O) groups is 2. The van der Waals surface area contributed by atoms with Crippen molar-refractivity contribution in [2.75, 3.05) is 18.0 Å². The number of nitrogens with zero attached hydrogens (tertiary/aromatic N) is 1. The standard InChI is InChI=1S/C12H14N2O3/c15-8-9-1-3-11(4-2-9)14-6-5-10(7-14)13-12(16)17/h1-4,8,10,13H,5-7H2,(H,16,17)/t10-/m0/s1. The summed E-state index contributed by atoms with van der Waals surface area (Å²) in [6, 6.07) is 7.28. The number of benzene rings is 1. The second kappa shape index (κ2) is 4.86. The highest BCUT2D eigenvalue weighted by Crippen LogP contribution is 2.20. The van der Waals surface area contributed by atoms with Gasteiger partial charge >= 0.3 is 6.09 Å². The Labute approximate surface area is 99.0 Å². The monoisotopic (exact) mass is 234 g/mol. The van der Waals surface area contributed by atoms with E-state index in [1.807, 2.05) is 12.1 Å². The van der Waals surface area contributed by atoms with Crippen molar-refractivity contribution in [1.82, 2.24) is 5.32 Å². The zero-order chi connectivity index (χ0) is 12.3. The number of amides is 1. The highest BCUT2D eigenvalue weighted by atomic mass is 16.4. The average Bonchev–Trinajstić information content (AvgIpc) is 2.77. The maximum Gasteiger partial charge on any atom is 0.404 e. The largest absolute Gasteiger partial charge is 0.465 e. The van der Waals surface area contributed by atoms with Gasteiger partial charge in [-0.15, -0.1) is 0 Å². The molecule has 1 atom stereocenters. The van der Waals surface area contributed by atoms with Gasteiger partial charge in [-0.05, 0) is 30.7 Å². The fourth-order valence-corrected chi connectivity index (χ4v) is 2.05. The number of aldehydes is 1. The third kappa shape index (κ3) is 2.75. The Morgan fingerprint density at radius 1 is 1.41 bits per heavy atom. The van der Waals surface area contributed by atoms with Gasteiger partial charge in [-0.3, -0.25) is 4.79 Å². The number of carbonyl (C=O) groups excluding carboxylic acids is 1. The Kier molecular flexibility index (Phi) is 3.27. The first-order chi connectivity index (χ1) is 8.19. The summed E-state index contributed by atoms with van der Waals surface area (Å²) < 4.78 is 0. The van der Waals surface area contributed by atoms with Crippen molar-refractivity contribution in [2.24, 2.45) is 0 Å². The summed E-state index contributed by atoms with van der Waals surface area (Å²) in [5.74, 6) is 0. The number of hydrogen-bond acceptors (Lipinski definition) is 3. The molecule has 0 spiro atoms. The van der Waals surface area contributed by atoms with E-state index in [9.17, 15) is 9.59 Å². The minimum Gasteiger partial charge on any atom is -0.465 e. The summed E-state index contributed by atoms with van der Waals surface area (Å²) in [5, 5.41) is 11.1. The lowest BCUT2D eigenvalue weighted by Gasteiger charge is -2.18. The van der Waals surface area contributed by atoms with Crippen LogP contribution in [0.2, 0.25) is 0 Å². The smallest absolute Gasteiger partial charge is 0.404 e. The van der Waals surface area contributed by atoms with Crippen LogP contribution in [-0.2, 0) is 0 Å². The molecule has 0 unspecified atom stereocenters. The van der Waals surface area contributed by atoms with E-state index in [0.717, 1.165) is 24.9 Å². The van der Waals surface area contributed by atoms with E-state index in [1.165, 1.54) is 0 Å². The van der Waals surface area contributed by atoms with Crippen molar-refractivity contribution in [3.8, 4) is 0 Å². The van der Waals surface area contributed by atoms with Crippen molar-refractivity contribution in [1.29, 1.82) is 0 Å². The second-order valence-corrected chi connectivity index (χ2v) is 4.09. The molecule has 0 aliphatic carbocycles. The van der Waals surface area contributed by atoms with Gasteiger partial charge in [0.15, 0.2) is 0 Å². The average molecular weight is 234 g/mol. The lowest BCUT2D eigenvalue weighted by Crippen LogP contribution is -2.36. The van der Waals surface area contributed by atoms with Gasteiger partial charge in [-0.25, -0.2) is 4.79 Å². The van der Waals surface area contributed by atoms with Crippen LogP contribution in [0.4, 0.5) is 10.5 Å². The van der Waals surface area contributed by atoms with E-state index in [2.05, 4.69) is 10.2 Å². The van der Waals surface area contributed by atoms with Crippen LogP contribution in [0.5, 0.6) is 0 Å². The van der Waals surface area contributed by atoms with Crippen LogP contribution >= 0.6 is 0 Å². The van der Waals surface area contributed by atoms with Crippen molar-refractivity contribution < 1.29 is 14.7 Å². The topological polar surface area (TPSA) is 69.6 Å². The molecule has 0 aromatic heterocycles. The number of nitrogens with one attached hydrogen (secondary N) is 1. The van der Waals surface area contributed by atoms with E-state index in [0.29, 0.717) is 12.1 Å². The quantitative estimate of drug-likeness (QED) is 0.774. The summed E-state index contributed by atoms with van der Waals surface area (Å²) >= 11 is 0. The fourth-order valence-electron chi connectivity index (χ4n) is 2.05. The Balaban J connectivity index is 1.99. The van der Waals surface area contributed by atoms with Gasteiger partial charge in [0, 0.05) is 24.3 Å². The lowest BCUT2D eigenvalue weighted by molar-refractivity contribution is 0.112. The van der Waals surface area contributed by atoms with E-state index in [1.54, 1.807) is 12.1 Å². The highest BCUT2D eigenvalue weighted by molar-refractivity contribution is 5.75. The molecule has 2 rings (SSSR count). The van der Waals surface area contributed by atoms with Gasteiger partial charge in [0.1, 0.15) is 6.29 Å². The summed E-state index contributed by atoms with van der Waals surface area (Å²) in [7, 11) is 0. The molecule has 90 valence electrons. The Morgan fingerprint density at radius 2 is 2.12 bits per heavy atom. The Hall–Kier alpha value is -2.04. The highest BCUT2D eigenvalue weighted by Gasteiger charge is 2.23. The van der Waals surface area contributed by atoms with Gasteiger partial charge in [0.05, 0.1) is 6.04 Å². The van der Waals surface area contributed by atoms with Crippen LogP contribution in [0.15, 0.2) is 24.3 Å². The van der Waals surface area contributed by atoms with Crippen LogP contribution in [0, 0.1) is 0 Å². The minimum atomic E-state index is -0.979. The minimum absolute atomic E-state index is 0.0155. The maximum atomic E-state index is 10.5. The summed E-state index contributed by atoms with van der Waals surface area (Å²) in [6.45, 7) is 1.50. The molecule has 0 saturated carbocycles. The first-order valence-corrected chi connectivity index (χ1v) is 5.48. The van der Waals surface area contributed by atoms with Gasteiger partial charge < -0.3 is 15.3 Å². The summed E-state index contributed by atoms with van der Waals surface area (Å²) in [6.07, 6.45) is 0.637. The van der Waals surface area contributed by atoms with Gasteiger partial charge in [-0.2, -0.15) is 0 Å². The van der Waals surface area contributed by atoms with Crippen LogP contribution in [0.1, 0.15) is 16.8 Å². The summed E-state index contributed by atoms with van der Waals surface area (Å²) in [5.41, 5.74) is 1.67. The van der Waals surface area contributed by atoms with Gasteiger partial charge in [-0.1, -0.05) is 0 Å². The molecule has 0 radical (unpaired) electrons. The number of rotatable bonds is 3. The van der Waals surface area contributed by atoms with E-state index in [4.69, 9.17) is 5.11 Å². The summed E-state index contributed by atoms with van der Waals surface area (Å²) in [4.78, 5) is 23.1. The molecule has 2 N–H and O–H groups in total. The first kappa shape index (κ1) is 11.4. The van der Waals surface area contributed by atoms with Crippen molar-refractivity contribution in [2.45, 2.75) is 12.5 Å². The predicted molar refractivity (Wildman–Crippen MR) is 63.6 cm³/mol. The molecule has 5 heteroatoms. The molecule has 1 amide bonds. The van der Waals surface area contributed by atoms with Crippen LogP contribution in [0.3, 0.4) is 0 Å². The molecule has 1 aromatic carbocycles. The molecule has 0 bridgehead atoms. The molecule has 1 fully saturated rings. The molecule has 5 nitrogen and oxygen atoms in total. The molecule has 1 aliphatic heterocycles. The van der Waals surface area contributed by atoms with Crippen molar-refractivity contribution in [3.05, 3.63) is 29.8 Å². The molecule has 1 aromatic rings. The van der Waals surface area contributed by atoms with Gasteiger partial charge in [0.2, 0.25) is 0 Å². The molecule has 17 heavy (non-hydrogen) atoms. The Bertz CT molecular complexity index is 416. The molecular formula is C12H14N2O3. The van der Waals surface area contributed by atoms with Crippen molar-refractivity contribution >= 4 is 18.1 Å². The molecule has 1 saturated heterocycles. The fraction of sp³-hybridized carbons (Fsp3) is 0.333. The number of anilines is 1. The Morgan fingerprint density at radius 3 is 2.71 bits per heavy atom. The zero-order valence-corrected chi connectivity index (χ0v) is 9.30. The number of hydrogen-bond donors (Lipinski definition) is 2. The molecular weight excluding hydrogens is 220 g/mol.